The van der Waals surface area contributed by atoms with Crippen molar-refractivity contribution in [3.05, 3.63) is 71.9 Å². The number of pyridine rings is 1. The number of aromatic nitrogens is 1. The Morgan fingerprint density at radius 3 is 2.77 bits per heavy atom. The number of hydrogen-bond acceptors (Lipinski definition) is 5. The van der Waals surface area contributed by atoms with Gasteiger partial charge in [0.05, 0.1) is 18.7 Å². The van der Waals surface area contributed by atoms with E-state index >= 15 is 0 Å². The average molecular weight is 477 g/mol. The van der Waals surface area contributed by atoms with E-state index in [1.165, 1.54) is 5.56 Å². The van der Waals surface area contributed by atoms with Crippen LogP contribution >= 0.6 is 0 Å². The van der Waals surface area contributed by atoms with E-state index < -0.39 is 0 Å². The smallest absolute Gasteiger partial charge is 0.410 e. The molecule has 1 aliphatic rings. The number of aryl methyl sites for hydroxylation is 1. The molecular weight excluding hydrogens is 440 g/mol. The predicted molar refractivity (Wildman–Crippen MR) is 137 cm³/mol. The van der Waals surface area contributed by atoms with Gasteiger partial charge in [-0.1, -0.05) is 30.3 Å². The number of aliphatic hydroxyl groups excluding tert-OH is 1. The topological polar surface area (TPSA) is 71.9 Å². The van der Waals surface area contributed by atoms with E-state index in [0.29, 0.717) is 25.4 Å². The van der Waals surface area contributed by atoms with Crippen LogP contribution in [0.15, 0.2) is 60.8 Å². The maximum atomic E-state index is 12.7. The van der Waals surface area contributed by atoms with E-state index in [1.807, 2.05) is 60.5 Å². The molecule has 0 saturated carbocycles. The van der Waals surface area contributed by atoms with Crippen molar-refractivity contribution < 1.29 is 19.4 Å². The Labute approximate surface area is 207 Å². The van der Waals surface area contributed by atoms with Gasteiger partial charge in [-0.25, -0.2) is 4.79 Å². The van der Waals surface area contributed by atoms with Crippen LogP contribution in [0.2, 0.25) is 0 Å². The highest BCUT2D eigenvalue weighted by molar-refractivity contribution is 5.83. The summed E-state index contributed by atoms with van der Waals surface area (Å²) in [6.07, 6.45) is 5.94. The summed E-state index contributed by atoms with van der Waals surface area (Å²) in [7, 11) is 1.68. The molecule has 0 bridgehead atoms. The predicted octanol–water partition coefficient (Wildman–Crippen LogP) is 5.61. The fraction of sp³-hybridized carbons (Fsp3) is 0.448. The lowest BCUT2D eigenvalue weighted by Crippen LogP contribution is -2.44. The van der Waals surface area contributed by atoms with Gasteiger partial charge in [0.2, 0.25) is 0 Å². The number of piperidine rings is 1. The molecule has 6 heteroatoms. The van der Waals surface area contributed by atoms with Gasteiger partial charge in [-0.15, -0.1) is 0 Å². The van der Waals surface area contributed by atoms with Crippen molar-refractivity contribution in [2.45, 2.75) is 51.7 Å². The zero-order valence-electron chi connectivity index (χ0n) is 20.7. The van der Waals surface area contributed by atoms with Crippen LogP contribution in [-0.4, -0.2) is 47.4 Å². The SMILES string of the molecule is COc1ccc2nccc(CCC[C@@H]3CCN(C(=O)OCc4ccccc4)C[C@@H]3C[C@@H](C)O)c2c1. The lowest BCUT2D eigenvalue weighted by molar-refractivity contribution is 0.0453. The van der Waals surface area contributed by atoms with Crippen molar-refractivity contribution >= 4 is 17.0 Å². The molecule has 35 heavy (non-hydrogen) atoms. The molecule has 0 spiro atoms. The summed E-state index contributed by atoms with van der Waals surface area (Å²) >= 11 is 0. The summed E-state index contributed by atoms with van der Waals surface area (Å²) in [5.41, 5.74) is 3.25. The second-order valence-corrected chi connectivity index (χ2v) is 9.63. The first-order valence-corrected chi connectivity index (χ1v) is 12.6. The Bertz CT molecular complexity index is 1100. The summed E-state index contributed by atoms with van der Waals surface area (Å²) < 4.78 is 11.0. The second-order valence-electron chi connectivity index (χ2n) is 9.63. The molecular formula is C29H36N2O4. The summed E-state index contributed by atoms with van der Waals surface area (Å²) in [6, 6.07) is 17.9. The molecule has 0 aliphatic carbocycles. The van der Waals surface area contributed by atoms with Gasteiger partial charge >= 0.3 is 6.09 Å². The Morgan fingerprint density at radius 1 is 1.17 bits per heavy atom. The van der Waals surface area contributed by atoms with E-state index in [-0.39, 0.29) is 24.7 Å². The number of methoxy groups -OCH3 is 1. The van der Waals surface area contributed by atoms with E-state index in [4.69, 9.17) is 9.47 Å². The van der Waals surface area contributed by atoms with Crippen molar-refractivity contribution in [1.29, 1.82) is 0 Å². The van der Waals surface area contributed by atoms with Crippen molar-refractivity contribution in [2.75, 3.05) is 20.2 Å². The van der Waals surface area contributed by atoms with Gasteiger partial charge in [-0.2, -0.15) is 0 Å². The van der Waals surface area contributed by atoms with Crippen molar-refractivity contribution in [3.63, 3.8) is 0 Å². The first kappa shape index (κ1) is 25.0. The third-order valence-corrected chi connectivity index (χ3v) is 7.06. The minimum atomic E-state index is -0.389. The molecule has 1 N–H and O–H groups in total. The first-order valence-electron chi connectivity index (χ1n) is 12.6. The number of carbonyl (C=O) groups is 1. The second kappa shape index (κ2) is 12.0. The fourth-order valence-corrected chi connectivity index (χ4v) is 5.22. The highest BCUT2D eigenvalue weighted by atomic mass is 16.6. The molecule has 3 aromatic rings. The van der Waals surface area contributed by atoms with Gasteiger partial charge in [-0.05, 0) is 86.3 Å². The van der Waals surface area contributed by atoms with Gasteiger partial charge < -0.3 is 19.5 Å². The molecule has 1 fully saturated rings. The zero-order chi connectivity index (χ0) is 24.6. The Balaban J connectivity index is 1.34. The highest BCUT2D eigenvalue weighted by Crippen LogP contribution is 2.32. The third kappa shape index (κ3) is 6.73. The van der Waals surface area contributed by atoms with Crippen LogP contribution in [0.3, 0.4) is 0 Å². The zero-order valence-corrected chi connectivity index (χ0v) is 20.7. The first-order chi connectivity index (χ1) is 17.0. The Hall–Kier alpha value is -3.12. The van der Waals surface area contributed by atoms with Crippen LogP contribution in [-0.2, 0) is 17.8 Å². The maximum absolute atomic E-state index is 12.7. The van der Waals surface area contributed by atoms with Gasteiger partial charge in [0.1, 0.15) is 12.4 Å². The number of amides is 1. The van der Waals surface area contributed by atoms with Gasteiger partial charge in [-0.3, -0.25) is 4.98 Å². The largest absolute Gasteiger partial charge is 0.497 e. The van der Waals surface area contributed by atoms with Crippen molar-refractivity contribution in [1.82, 2.24) is 9.88 Å². The van der Waals surface area contributed by atoms with E-state index in [2.05, 4.69) is 17.1 Å². The fourth-order valence-electron chi connectivity index (χ4n) is 5.22. The Morgan fingerprint density at radius 2 is 2.00 bits per heavy atom. The molecule has 186 valence electrons. The third-order valence-electron chi connectivity index (χ3n) is 7.06. The lowest BCUT2D eigenvalue weighted by Gasteiger charge is -2.38. The maximum Gasteiger partial charge on any atom is 0.410 e. The molecule has 1 aromatic heterocycles. The molecule has 1 amide bonds. The van der Waals surface area contributed by atoms with Crippen LogP contribution < -0.4 is 4.74 Å². The number of ether oxygens (including phenoxy) is 2. The summed E-state index contributed by atoms with van der Waals surface area (Å²) in [6.45, 7) is 3.45. The number of nitrogens with zero attached hydrogens (tertiary/aromatic N) is 2. The quantitative estimate of drug-likeness (QED) is 0.434. The molecule has 4 rings (SSSR count). The number of carbonyl (C=O) groups excluding carboxylic acids is 1. The van der Waals surface area contributed by atoms with Crippen LogP contribution in [0.25, 0.3) is 10.9 Å². The van der Waals surface area contributed by atoms with Gasteiger partial charge in [0.15, 0.2) is 0 Å². The Kier molecular flexibility index (Phi) is 8.59. The molecule has 1 aliphatic heterocycles. The normalized spacial score (nSPS) is 18.9. The molecule has 2 aromatic carbocycles. The lowest BCUT2D eigenvalue weighted by atomic mass is 9.79. The standard InChI is InChI=1S/C29H36N2O4/c1-21(32)17-25-19-31(29(33)35-20-22-7-4-3-5-8-22)16-14-23(25)9-6-10-24-13-15-30-28-12-11-26(34-2)18-27(24)28/h3-5,7-8,11-13,15,18,21,23,25,32H,6,9-10,14,16-17,19-20H2,1-2H3/t21-,23-,25+/m1/s1. The van der Waals surface area contributed by atoms with Gasteiger partial charge in [0.25, 0.3) is 0 Å². The van der Waals surface area contributed by atoms with Crippen LogP contribution in [0.5, 0.6) is 5.75 Å². The molecule has 3 atom stereocenters. The van der Waals surface area contributed by atoms with Crippen molar-refractivity contribution in [3.8, 4) is 5.75 Å². The molecule has 0 unspecified atom stereocenters. The molecule has 2 heterocycles. The number of benzene rings is 2. The van der Waals surface area contributed by atoms with Crippen LogP contribution in [0.1, 0.15) is 43.7 Å². The van der Waals surface area contributed by atoms with Gasteiger partial charge in [0, 0.05) is 24.7 Å². The van der Waals surface area contributed by atoms with Crippen LogP contribution in [0, 0.1) is 11.8 Å². The summed E-state index contributed by atoms with van der Waals surface area (Å²) in [5, 5.41) is 11.3. The molecule has 6 nitrogen and oxygen atoms in total. The number of rotatable bonds is 9. The van der Waals surface area contributed by atoms with E-state index in [1.54, 1.807) is 7.11 Å². The average Bonchev–Trinajstić information content (AvgIpc) is 2.88. The number of aliphatic hydroxyl groups is 1. The molecule has 1 saturated heterocycles. The number of hydrogen-bond donors (Lipinski definition) is 1. The highest BCUT2D eigenvalue weighted by Gasteiger charge is 2.32. The van der Waals surface area contributed by atoms with Crippen LogP contribution in [0.4, 0.5) is 4.79 Å². The summed E-state index contributed by atoms with van der Waals surface area (Å²) in [4.78, 5) is 19.0. The monoisotopic (exact) mass is 476 g/mol. The van der Waals surface area contributed by atoms with Crippen molar-refractivity contribution in [2.24, 2.45) is 11.8 Å². The van der Waals surface area contributed by atoms with E-state index in [9.17, 15) is 9.90 Å². The number of fused-ring (bicyclic) bond motifs is 1. The minimum absolute atomic E-state index is 0.264. The molecule has 0 radical (unpaired) electrons. The van der Waals surface area contributed by atoms with E-state index in [0.717, 1.165) is 47.9 Å². The summed E-state index contributed by atoms with van der Waals surface area (Å²) in [5.74, 6) is 1.59. The number of likely N-dealkylation sites (tertiary alicyclic amines) is 1. The minimum Gasteiger partial charge on any atom is -0.497 e.